The second kappa shape index (κ2) is 6.88. The lowest BCUT2D eigenvalue weighted by Crippen LogP contribution is -2.09. The van der Waals surface area contributed by atoms with Crippen molar-refractivity contribution in [1.29, 1.82) is 0 Å². The van der Waals surface area contributed by atoms with Crippen LogP contribution >= 0.6 is 0 Å². The van der Waals surface area contributed by atoms with Crippen LogP contribution in [0.25, 0.3) is 11.5 Å². The number of aliphatic carboxylic acids is 1. The van der Waals surface area contributed by atoms with E-state index in [9.17, 15) is 4.79 Å². The van der Waals surface area contributed by atoms with Crippen molar-refractivity contribution in [2.24, 2.45) is 5.92 Å². The number of rotatable bonds is 7. The summed E-state index contributed by atoms with van der Waals surface area (Å²) < 4.78 is 10.5. The van der Waals surface area contributed by atoms with Crippen LogP contribution in [0.4, 0.5) is 0 Å². The second-order valence-corrected chi connectivity index (χ2v) is 4.85. The minimum Gasteiger partial charge on any atom is -0.496 e. The van der Waals surface area contributed by atoms with Gasteiger partial charge in [0.15, 0.2) is 5.82 Å². The van der Waals surface area contributed by atoms with Crippen molar-refractivity contribution in [2.75, 3.05) is 7.11 Å². The molecule has 0 radical (unpaired) electrons. The quantitative estimate of drug-likeness (QED) is 0.844. The molecule has 1 heterocycles. The summed E-state index contributed by atoms with van der Waals surface area (Å²) in [6.45, 7) is 1.69. The first-order valence-corrected chi connectivity index (χ1v) is 6.80. The molecular formula is C15H18N2O4. The summed E-state index contributed by atoms with van der Waals surface area (Å²) in [4.78, 5) is 15.1. The zero-order valence-corrected chi connectivity index (χ0v) is 12.1. The van der Waals surface area contributed by atoms with E-state index in [1.807, 2.05) is 24.3 Å². The number of carboxylic acid groups (broad SMARTS) is 1. The topological polar surface area (TPSA) is 85.5 Å². The molecule has 2 aromatic rings. The van der Waals surface area contributed by atoms with Crippen molar-refractivity contribution in [2.45, 2.75) is 26.2 Å². The molecule has 1 N–H and O–H groups in total. The van der Waals surface area contributed by atoms with Crippen molar-refractivity contribution < 1.29 is 19.2 Å². The van der Waals surface area contributed by atoms with Gasteiger partial charge in [-0.1, -0.05) is 24.2 Å². The number of hydrogen-bond donors (Lipinski definition) is 1. The Morgan fingerprint density at radius 2 is 2.19 bits per heavy atom. The highest BCUT2D eigenvalue weighted by molar-refractivity contribution is 5.69. The molecular weight excluding hydrogens is 272 g/mol. The highest BCUT2D eigenvalue weighted by Crippen LogP contribution is 2.28. The lowest BCUT2D eigenvalue weighted by molar-refractivity contribution is -0.141. The smallest absolute Gasteiger partial charge is 0.306 e. The third-order valence-electron chi connectivity index (χ3n) is 3.26. The van der Waals surface area contributed by atoms with Crippen LogP contribution in [-0.2, 0) is 11.2 Å². The Morgan fingerprint density at radius 1 is 1.43 bits per heavy atom. The monoisotopic (exact) mass is 290 g/mol. The van der Waals surface area contributed by atoms with E-state index >= 15 is 0 Å². The Balaban J connectivity index is 2.00. The average molecular weight is 290 g/mol. The summed E-state index contributed by atoms with van der Waals surface area (Å²) in [5.74, 6) is 0.526. The molecule has 0 saturated heterocycles. The molecule has 1 unspecified atom stereocenters. The van der Waals surface area contributed by atoms with E-state index in [4.69, 9.17) is 14.4 Å². The molecule has 0 aliphatic heterocycles. The van der Waals surface area contributed by atoms with Gasteiger partial charge < -0.3 is 14.4 Å². The Bertz CT molecular complexity index is 609. The fourth-order valence-corrected chi connectivity index (χ4v) is 1.98. The molecule has 2 rings (SSSR count). The summed E-state index contributed by atoms with van der Waals surface area (Å²) in [6.07, 6.45) is 1.89. The maximum absolute atomic E-state index is 10.7. The molecule has 1 aromatic heterocycles. The van der Waals surface area contributed by atoms with Crippen LogP contribution < -0.4 is 4.74 Å². The Labute approximate surface area is 122 Å². The van der Waals surface area contributed by atoms with Crippen LogP contribution in [0.15, 0.2) is 28.8 Å². The lowest BCUT2D eigenvalue weighted by Gasteiger charge is -2.03. The van der Waals surface area contributed by atoms with Gasteiger partial charge in [-0.3, -0.25) is 4.79 Å². The first kappa shape index (κ1) is 15.0. The van der Waals surface area contributed by atoms with Crippen molar-refractivity contribution in [3.63, 3.8) is 0 Å². The zero-order chi connectivity index (χ0) is 15.2. The Hall–Kier alpha value is -2.37. The van der Waals surface area contributed by atoms with Crippen LogP contribution in [0.2, 0.25) is 0 Å². The Morgan fingerprint density at radius 3 is 2.90 bits per heavy atom. The second-order valence-electron chi connectivity index (χ2n) is 4.85. The molecule has 0 aliphatic rings. The Kier molecular flexibility index (Phi) is 4.92. The van der Waals surface area contributed by atoms with E-state index in [0.29, 0.717) is 36.7 Å². The lowest BCUT2D eigenvalue weighted by atomic mass is 10.0. The third kappa shape index (κ3) is 3.81. The predicted molar refractivity (Wildman–Crippen MR) is 76.0 cm³/mol. The number of para-hydroxylation sites is 1. The van der Waals surface area contributed by atoms with Gasteiger partial charge in [-0.2, -0.15) is 4.98 Å². The largest absolute Gasteiger partial charge is 0.496 e. The van der Waals surface area contributed by atoms with Crippen LogP contribution in [0, 0.1) is 5.92 Å². The summed E-state index contributed by atoms with van der Waals surface area (Å²) in [6, 6.07) is 7.42. The number of nitrogens with zero attached hydrogens (tertiary/aromatic N) is 2. The molecule has 0 fully saturated rings. The molecule has 0 spiro atoms. The maximum Gasteiger partial charge on any atom is 0.306 e. The molecule has 112 valence electrons. The minimum absolute atomic E-state index is 0.356. The van der Waals surface area contributed by atoms with Gasteiger partial charge in [0.2, 0.25) is 0 Å². The van der Waals surface area contributed by atoms with Gasteiger partial charge in [-0.05, 0) is 25.0 Å². The number of methoxy groups -OCH3 is 1. The van der Waals surface area contributed by atoms with Crippen molar-refractivity contribution in [3.05, 3.63) is 30.1 Å². The SMILES string of the molecule is COc1ccccc1-c1nc(CCCC(C)C(=O)O)no1. The molecule has 6 heteroatoms. The molecule has 0 bridgehead atoms. The van der Waals surface area contributed by atoms with Crippen LogP contribution in [-0.4, -0.2) is 28.3 Å². The van der Waals surface area contributed by atoms with Gasteiger partial charge in [-0.25, -0.2) is 0 Å². The minimum atomic E-state index is -0.780. The zero-order valence-electron chi connectivity index (χ0n) is 12.1. The van der Waals surface area contributed by atoms with Crippen LogP contribution in [0.1, 0.15) is 25.6 Å². The summed E-state index contributed by atoms with van der Waals surface area (Å²) in [7, 11) is 1.59. The summed E-state index contributed by atoms with van der Waals surface area (Å²) in [5.41, 5.74) is 0.748. The number of aromatic nitrogens is 2. The molecule has 0 amide bonds. The number of carbonyl (C=O) groups is 1. The molecule has 1 aromatic carbocycles. The van der Waals surface area contributed by atoms with Gasteiger partial charge in [-0.15, -0.1) is 0 Å². The number of ether oxygens (including phenoxy) is 1. The molecule has 21 heavy (non-hydrogen) atoms. The van der Waals surface area contributed by atoms with Gasteiger partial charge in [0, 0.05) is 6.42 Å². The summed E-state index contributed by atoms with van der Waals surface area (Å²) >= 11 is 0. The molecule has 1 atom stereocenters. The fourth-order valence-electron chi connectivity index (χ4n) is 1.98. The van der Waals surface area contributed by atoms with Gasteiger partial charge in [0.25, 0.3) is 5.89 Å². The number of hydrogen-bond acceptors (Lipinski definition) is 5. The molecule has 0 saturated carbocycles. The van der Waals surface area contributed by atoms with Crippen molar-refractivity contribution in [1.82, 2.24) is 10.1 Å². The highest BCUT2D eigenvalue weighted by Gasteiger charge is 2.14. The van der Waals surface area contributed by atoms with E-state index < -0.39 is 5.97 Å². The number of aryl methyl sites for hydroxylation is 1. The number of carboxylic acids is 1. The first-order chi connectivity index (χ1) is 10.1. The molecule has 0 aliphatic carbocycles. The first-order valence-electron chi connectivity index (χ1n) is 6.80. The molecule has 6 nitrogen and oxygen atoms in total. The van der Waals surface area contributed by atoms with E-state index in [2.05, 4.69) is 10.1 Å². The van der Waals surface area contributed by atoms with Gasteiger partial charge in [0.1, 0.15) is 5.75 Å². The van der Waals surface area contributed by atoms with Crippen molar-refractivity contribution in [3.8, 4) is 17.2 Å². The third-order valence-corrected chi connectivity index (χ3v) is 3.26. The predicted octanol–water partition coefficient (Wildman–Crippen LogP) is 2.79. The van der Waals surface area contributed by atoms with E-state index in [-0.39, 0.29) is 5.92 Å². The van der Waals surface area contributed by atoms with E-state index in [1.165, 1.54) is 0 Å². The highest BCUT2D eigenvalue weighted by atomic mass is 16.5. The maximum atomic E-state index is 10.7. The van der Waals surface area contributed by atoms with E-state index in [1.54, 1.807) is 14.0 Å². The number of benzene rings is 1. The van der Waals surface area contributed by atoms with Gasteiger partial charge in [0.05, 0.1) is 18.6 Å². The van der Waals surface area contributed by atoms with Crippen LogP contribution in [0.3, 0.4) is 0 Å². The van der Waals surface area contributed by atoms with Gasteiger partial charge >= 0.3 is 5.97 Å². The standard InChI is InChI=1S/C15H18N2O4/c1-10(15(18)19)6-5-9-13-16-14(21-17-13)11-7-3-4-8-12(11)20-2/h3-4,7-8,10H,5-6,9H2,1-2H3,(H,18,19). The normalized spacial score (nSPS) is 12.1. The summed E-state index contributed by atoms with van der Waals surface area (Å²) in [5, 5.41) is 12.7. The van der Waals surface area contributed by atoms with Crippen molar-refractivity contribution >= 4 is 5.97 Å². The van der Waals surface area contributed by atoms with E-state index in [0.717, 1.165) is 5.56 Å². The fraction of sp³-hybridized carbons (Fsp3) is 0.400. The average Bonchev–Trinajstić information content (AvgIpc) is 2.95. The van der Waals surface area contributed by atoms with Crippen LogP contribution in [0.5, 0.6) is 5.75 Å².